The molecular weight excluding hydrogens is 444 g/mol. The monoisotopic (exact) mass is 461 g/mol. The Bertz CT molecular complexity index is 1350. The van der Waals surface area contributed by atoms with Crippen LogP contribution in [0.5, 0.6) is 0 Å². The summed E-state index contributed by atoms with van der Waals surface area (Å²) in [4.78, 5) is 16.4. The molecule has 0 saturated carbocycles. The SMILES string of the molecule is O=C(OCc1nc2ccccc2n1C(F)F)c1cccc(S(=O)(=O)NCc2ccco2)c1. The van der Waals surface area contributed by atoms with Gasteiger partial charge in [0.2, 0.25) is 10.0 Å². The zero-order valence-electron chi connectivity index (χ0n) is 16.4. The molecule has 32 heavy (non-hydrogen) atoms. The van der Waals surface area contributed by atoms with Crippen LogP contribution in [0.4, 0.5) is 8.78 Å². The Kier molecular flexibility index (Phi) is 6.01. The number of para-hydroxylation sites is 2. The quantitative estimate of drug-likeness (QED) is 0.400. The van der Waals surface area contributed by atoms with Crippen molar-refractivity contribution in [2.75, 3.05) is 0 Å². The van der Waals surface area contributed by atoms with Crippen LogP contribution in [-0.4, -0.2) is 23.9 Å². The van der Waals surface area contributed by atoms with Crippen molar-refractivity contribution in [3.8, 4) is 0 Å². The first kappa shape index (κ1) is 21.7. The highest BCUT2D eigenvalue weighted by atomic mass is 32.2. The maximum atomic E-state index is 13.5. The molecule has 11 heteroatoms. The highest BCUT2D eigenvalue weighted by Gasteiger charge is 2.20. The number of sulfonamides is 1. The molecule has 4 aromatic rings. The van der Waals surface area contributed by atoms with Gasteiger partial charge in [-0.05, 0) is 42.5 Å². The molecule has 0 aliphatic heterocycles. The van der Waals surface area contributed by atoms with Gasteiger partial charge in [-0.25, -0.2) is 22.9 Å². The number of ether oxygens (including phenoxy) is 1. The number of fused-ring (bicyclic) bond motifs is 1. The number of esters is 1. The normalized spacial score (nSPS) is 11.8. The van der Waals surface area contributed by atoms with Crippen LogP contribution in [0.25, 0.3) is 11.0 Å². The summed E-state index contributed by atoms with van der Waals surface area (Å²) in [7, 11) is -3.93. The number of nitrogens with zero attached hydrogens (tertiary/aromatic N) is 2. The van der Waals surface area contributed by atoms with Gasteiger partial charge in [0.1, 0.15) is 12.4 Å². The summed E-state index contributed by atoms with van der Waals surface area (Å²) in [6, 6.07) is 14.8. The number of halogens is 2. The van der Waals surface area contributed by atoms with Gasteiger partial charge in [-0.15, -0.1) is 0 Å². The van der Waals surface area contributed by atoms with Crippen LogP contribution < -0.4 is 4.72 Å². The third-order valence-corrected chi connectivity index (χ3v) is 5.99. The molecule has 0 aliphatic carbocycles. The number of nitrogens with one attached hydrogen (secondary N) is 1. The highest BCUT2D eigenvalue weighted by Crippen LogP contribution is 2.24. The summed E-state index contributed by atoms with van der Waals surface area (Å²) in [5, 5.41) is 0. The maximum absolute atomic E-state index is 13.5. The van der Waals surface area contributed by atoms with Crippen molar-refractivity contribution in [2.45, 2.75) is 24.6 Å². The first-order valence-corrected chi connectivity index (χ1v) is 10.9. The fourth-order valence-corrected chi connectivity index (χ4v) is 4.12. The fourth-order valence-electron chi connectivity index (χ4n) is 3.08. The lowest BCUT2D eigenvalue weighted by molar-refractivity contribution is 0.0387. The number of benzene rings is 2. The Morgan fingerprint density at radius 1 is 1.12 bits per heavy atom. The molecule has 0 fully saturated rings. The summed E-state index contributed by atoms with van der Waals surface area (Å²) in [6.07, 6.45) is 1.42. The van der Waals surface area contributed by atoms with Crippen LogP contribution in [0.2, 0.25) is 0 Å². The van der Waals surface area contributed by atoms with Crippen molar-refractivity contribution in [1.82, 2.24) is 14.3 Å². The summed E-state index contributed by atoms with van der Waals surface area (Å²) in [5.41, 5.74) is 0.504. The van der Waals surface area contributed by atoms with Crippen LogP contribution in [0.1, 0.15) is 28.5 Å². The second-order valence-electron chi connectivity index (χ2n) is 6.67. The number of hydrogen-bond donors (Lipinski definition) is 1. The van der Waals surface area contributed by atoms with Gasteiger partial charge in [0.05, 0.1) is 34.3 Å². The van der Waals surface area contributed by atoms with Crippen LogP contribution in [0.3, 0.4) is 0 Å². The van der Waals surface area contributed by atoms with E-state index < -0.39 is 29.1 Å². The van der Waals surface area contributed by atoms with E-state index in [0.717, 1.165) is 6.07 Å². The molecule has 166 valence electrons. The van der Waals surface area contributed by atoms with Crippen LogP contribution in [-0.2, 0) is 27.9 Å². The molecule has 0 spiro atoms. The van der Waals surface area contributed by atoms with Crippen LogP contribution >= 0.6 is 0 Å². The van der Waals surface area contributed by atoms with Gasteiger partial charge in [0.25, 0.3) is 0 Å². The average molecular weight is 461 g/mol. The van der Waals surface area contributed by atoms with Crippen molar-refractivity contribution < 1.29 is 31.1 Å². The minimum Gasteiger partial charge on any atom is -0.468 e. The van der Waals surface area contributed by atoms with Crippen molar-refractivity contribution in [3.05, 3.63) is 84.1 Å². The van der Waals surface area contributed by atoms with E-state index in [0.29, 0.717) is 15.8 Å². The van der Waals surface area contributed by atoms with E-state index >= 15 is 0 Å². The number of furan rings is 1. The van der Waals surface area contributed by atoms with Crippen molar-refractivity contribution in [1.29, 1.82) is 0 Å². The number of carbonyl (C=O) groups excluding carboxylic acids is 1. The summed E-state index contributed by atoms with van der Waals surface area (Å²) in [6.45, 7) is -3.44. The van der Waals surface area contributed by atoms with Crippen molar-refractivity contribution >= 4 is 27.0 Å². The lowest BCUT2D eigenvalue weighted by atomic mass is 10.2. The predicted molar refractivity (Wildman–Crippen MR) is 109 cm³/mol. The van der Waals surface area contributed by atoms with Crippen LogP contribution in [0.15, 0.2) is 76.2 Å². The van der Waals surface area contributed by atoms with Gasteiger partial charge in [0.15, 0.2) is 5.82 Å². The molecule has 0 amide bonds. The average Bonchev–Trinajstić information content (AvgIpc) is 3.43. The van der Waals surface area contributed by atoms with E-state index in [2.05, 4.69) is 9.71 Å². The van der Waals surface area contributed by atoms with E-state index in [-0.39, 0.29) is 28.3 Å². The van der Waals surface area contributed by atoms with Gasteiger partial charge < -0.3 is 9.15 Å². The molecule has 2 heterocycles. The molecule has 0 saturated heterocycles. The van der Waals surface area contributed by atoms with E-state index in [1.54, 1.807) is 30.3 Å². The molecule has 2 aromatic heterocycles. The molecule has 0 unspecified atom stereocenters. The number of carbonyl (C=O) groups is 1. The van der Waals surface area contributed by atoms with E-state index in [4.69, 9.17) is 9.15 Å². The number of imidazole rings is 1. The van der Waals surface area contributed by atoms with E-state index in [1.165, 1.54) is 30.5 Å². The van der Waals surface area contributed by atoms with Gasteiger partial charge in [0, 0.05) is 0 Å². The first-order chi connectivity index (χ1) is 15.3. The van der Waals surface area contributed by atoms with Crippen molar-refractivity contribution in [2.24, 2.45) is 0 Å². The maximum Gasteiger partial charge on any atom is 0.338 e. The Balaban J connectivity index is 1.49. The minimum atomic E-state index is -3.93. The van der Waals surface area contributed by atoms with Crippen LogP contribution in [0, 0.1) is 0 Å². The minimum absolute atomic E-state index is 0.0504. The third-order valence-electron chi connectivity index (χ3n) is 4.59. The first-order valence-electron chi connectivity index (χ1n) is 9.38. The summed E-state index contributed by atoms with van der Waals surface area (Å²) in [5.74, 6) is -0.578. The zero-order chi connectivity index (χ0) is 22.7. The summed E-state index contributed by atoms with van der Waals surface area (Å²) >= 11 is 0. The molecule has 0 aliphatic rings. The molecule has 4 rings (SSSR count). The molecule has 0 atom stereocenters. The Hall–Kier alpha value is -3.57. The van der Waals surface area contributed by atoms with Gasteiger partial charge in [-0.1, -0.05) is 18.2 Å². The Morgan fingerprint density at radius 3 is 2.69 bits per heavy atom. The smallest absolute Gasteiger partial charge is 0.338 e. The zero-order valence-corrected chi connectivity index (χ0v) is 17.3. The van der Waals surface area contributed by atoms with E-state index in [9.17, 15) is 22.0 Å². The molecule has 0 radical (unpaired) electrons. The lowest BCUT2D eigenvalue weighted by Crippen LogP contribution is -2.23. The van der Waals surface area contributed by atoms with E-state index in [1.807, 2.05) is 0 Å². The highest BCUT2D eigenvalue weighted by molar-refractivity contribution is 7.89. The number of aromatic nitrogens is 2. The molecule has 1 N–H and O–H groups in total. The predicted octanol–water partition coefficient (Wildman–Crippen LogP) is 3.86. The number of alkyl halides is 2. The molecule has 0 bridgehead atoms. The van der Waals surface area contributed by atoms with Crippen molar-refractivity contribution in [3.63, 3.8) is 0 Å². The standard InChI is InChI=1S/C21H17F2N3O5S/c22-21(23)26-18-9-2-1-8-17(18)25-19(26)13-31-20(27)14-5-3-7-16(11-14)32(28,29)24-12-15-6-4-10-30-15/h1-11,21,24H,12-13H2. The fraction of sp³-hybridized carbons (Fsp3) is 0.143. The second-order valence-corrected chi connectivity index (χ2v) is 8.44. The largest absolute Gasteiger partial charge is 0.468 e. The Morgan fingerprint density at radius 2 is 1.94 bits per heavy atom. The number of hydrogen-bond acceptors (Lipinski definition) is 6. The van der Waals surface area contributed by atoms with Gasteiger partial charge >= 0.3 is 12.5 Å². The number of rotatable bonds is 8. The molecule has 8 nitrogen and oxygen atoms in total. The summed E-state index contributed by atoms with van der Waals surface area (Å²) < 4.78 is 65.3. The van der Waals surface area contributed by atoms with Gasteiger partial charge in [-0.2, -0.15) is 8.78 Å². The molecular formula is C21H17F2N3O5S. The third kappa shape index (κ3) is 4.53. The molecule has 2 aromatic carbocycles. The topological polar surface area (TPSA) is 103 Å². The second kappa shape index (κ2) is 8.89. The Labute approximate surface area is 181 Å². The lowest BCUT2D eigenvalue weighted by Gasteiger charge is -2.10. The van der Waals surface area contributed by atoms with Gasteiger partial charge in [-0.3, -0.25) is 4.57 Å².